The van der Waals surface area contributed by atoms with E-state index in [2.05, 4.69) is 26.7 Å². The van der Waals surface area contributed by atoms with Crippen LogP contribution in [0.25, 0.3) is 0 Å². The van der Waals surface area contributed by atoms with Crippen molar-refractivity contribution in [2.45, 2.75) is 13.5 Å². The Kier molecular flexibility index (Phi) is 4.20. The fourth-order valence-electron chi connectivity index (χ4n) is 2.14. The summed E-state index contributed by atoms with van der Waals surface area (Å²) in [5.74, 6) is 2.77. The van der Waals surface area contributed by atoms with Gasteiger partial charge >= 0.3 is 0 Å². The molecule has 0 aliphatic heterocycles. The number of hydrogen-bond donors (Lipinski definition) is 2. The summed E-state index contributed by atoms with van der Waals surface area (Å²) < 4.78 is 5.28. The first-order valence-corrected chi connectivity index (χ1v) is 7.13. The molecule has 3 aromatic rings. The van der Waals surface area contributed by atoms with Crippen molar-refractivity contribution in [1.29, 1.82) is 5.26 Å². The largest absolute Gasteiger partial charge is 0.467 e. The predicted octanol–water partition coefficient (Wildman–Crippen LogP) is 3.61. The summed E-state index contributed by atoms with van der Waals surface area (Å²) in [7, 11) is 0. The molecule has 23 heavy (non-hydrogen) atoms. The second-order valence-corrected chi connectivity index (χ2v) is 4.90. The number of aromatic nitrogens is 2. The van der Waals surface area contributed by atoms with Gasteiger partial charge < -0.3 is 15.1 Å². The zero-order chi connectivity index (χ0) is 16.1. The minimum Gasteiger partial charge on any atom is -0.467 e. The molecule has 6 nitrogen and oxygen atoms in total. The van der Waals surface area contributed by atoms with Gasteiger partial charge in [0.2, 0.25) is 0 Å². The second-order valence-electron chi connectivity index (χ2n) is 4.90. The van der Waals surface area contributed by atoms with E-state index < -0.39 is 0 Å². The highest BCUT2D eigenvalue weighted by Crippen LogP contribution is 2.20. The van der Waals surface area contributed by atoms with Gasteiger partial charge in [-0.3, -0.25) is 0 Å². The van der Waals surface area contributed by atoms with Crippen molar-refractivity contribution >= 4 is 17.3 Å². The molecule has 0 saturated carbocycles. The molecule has 1 aromatic carbocycles. The molecule has 2 aromatic heterocycles. The fraction of sp³-hybridized carbons (Fsp3) is 0.118. The topological polar surface area (TPSA) is 86.8 Å². The van der Waals surface area contributed by atoms with Crippen LogP contribution in [0.4, 0.5) is 17.3 Å². The molecule has 0 unspecified atom stereocenters. The van der Waals surface area contributed by atoms with Gasteiger partial charge in [-0.25, -0.2) is 9.97 Å². The highest BCUT2D eigenvalue weighted by atomic mass is 16.3. The van der Waals surface area contributed by atoms with Crippen LogP contribution in [0.2, 0.25) is 0 Å². The SMILES string of the molecule is Cc1nc(NCc2ccco2)cc(Nc2ccccc2C#N)n1. The van der Waals surface area contributed by atoms with Crippen LogP contribution >= 0.6 is 0 Å². The van der Waals surface area contributed by atoms with Crippen molar-refractivity contribution in [3.8, 4) is 6.07 Å². The van der Waals surface area contributed by atoms with Crippen molar-refractivity contribution in [2.75, 3.05) is 10.6 Å². The van der Waals surface area contributed by atoms with Gasteiger partial charge in [0.15, 0.2) is 0 Å². The van der Waals surface area contributed by atoms with E-state index in [0.29, 0.717) is 35.3 Å². The summed E-state index contributed by atoms with van der Waals surface area (Å²) in [6, 6.07) is 15.0. The van der Waals surface area contributed by atoms with E-state index in [1.165, 1.54) is 0 Å². The van der Waals surface area contributed by atoms with Crippen LogP contribution in [0.3, 0.4) is 0 Å². The summed E-state index contributed by atoms with van der Waals surface area (Å²) in [5, 5.41) is 15.5. The number of benzene rings is 1. The average Bonchev–Trinajstić information content (AvgIpc) is 3.06. The normalized spacial score (nSPS) is 10.1. The Hall–Kier alpha value is -3.33. The molecule has 0 aliphatic rings. The van der Waals surface area contributed by atoms with E-state index in [1.807, 2.05) is 37.3 Å². The molecule has 6 heteroatoms. The lowest BCUT2D eigenvalue weighted by molar-refractivity contribution is 0.518. The molecule has 0 radical (unpaired) electrons. The number of furan rings is 1. The second kappa shape index (κ2) is 6.62. The van der Waals surface area contributed by atoms with Gasteiger partial charge in [0, 0.05) is 6.07 Å². The number of para-hydroxylation sites is 1. The number of nitrogens with zero attached hydrogens (tertiary/aromatic N) is 3. The Morgan fingerprint density at radius 2 is 1.96 bits per heavy atom. The Morgan fingerprint density at radius 3 is 2.74 bits per heavy atom. The van der Waals surface area contributed by atoms with Gasteiger partial charge in [0.1, 0.15) is 29.3 Å². The van der Waals surface area contributed by atoms with Crippen LogP contribution in [0, 0.1) is 18.3 Å². The molecule has 0 amide bonds. The maximum atomic E-state index is 9.15. The molecule has 0 atom stereocenters. The standard InChI is InChI=1S/C17H15N5O/c1-12-20-16(19-11-14-6-4-8-23-14)9-17(21-12)22-15-7-3-2-5-13(15)10-18/h2-9H,11H2,1H3,(H2,19,20,21,22). The minimum absolute atomic E-state index is 0.539. The lowest BCUT2D eigenvalue weighted by Gasteiger charge is -2.10. The van der Waals surface area contributed by atoms with E-state index in [9.17, 15) is 0 Å². The maximum Gasteiger partial charge on any atom is 0.136 e. The molecule has 0 bridgehead atoms. The number of nitriles is 1. The number of rotatable bonds is 5. The van der Waals surface area contributed by atoms with Gasteiger partial charge in [-0.1, -0.05) is 12.1 Å². The van der Waals surface area contributed by atoms with Crippen molar-refractivity contribution in [3.63, 3.8) is 0 Å². The molecular weight excluding hydrogens is 290 g/mol. The molecule has 2 heterocycles. The molecule has 0 fully saturated rings. The van der Waals surface area contributed by atoms with E-state index in [-0.39, 0.29) is 0 Å². The summed E-state index contributed by atoms with van der Waals surface area (Å²) in [6.45, 7) is 2.36. The third-order valence-corrected chi connectivity index (χ3v) is 3.17. The lowest BCUT2D eigenvalue weighted by atomic mass is 10.2. The molecule has 114 valence electrons. The first-order valence-electron chi connectivity index (χ1n) is 7.13. The first kappa shape index (κ1) is 14.6. The number of anilines is 3. The maximum absolute atomic E-state index is 9.15. The van der Waals surface area contributed by atoms with Gasteiger partial charge in [0.25, 0.3) is 0 Å². The van der Waals surface area contributed by atoms with E-state index in [4.69, 9.17) is 9.68 Å². The van der Waals surface area contributed by atoms with E-state index in [1.54, 1.807) is 18.4 Å². The highest BCUT2D eigenvalue weighted by molar-refractivity contribution is 5.65. The Bertz CT molecular complexity index is 836. The third-order valence-electron chi connectivity index (χ3n) is 3.17. The van der Waals surface area contributed by atoms with Gasteiger partial charge in [0.05, 0.1) is 24.1 Å². The molecule has 0 saturated heterocycles. The zero-order valence-electron chi connectivity index (χ0n) is 12.6. The molecule has 2 N–H and O–H groups in total. The Balaban J connectivity index is 1.79. The van der Waals surface area contributed by atoms with Gasteiger partial charge in [-0.15, -0.1) is 0 Å². The monoisotopic (exact) mass is 305 g/mol. The van der Waals surface area contributed by atoms with E-state index >= 15 is 0 Å². The van der Waals surface area contributed by atoms with Crippen LogP contribution in [-0.4, -0.2) is 9.97 Å². The fourth-order valence-corrected chi connectivity index (χ4v) is 2.14. The lowest BCUT2D eigenvalue weighted by Crippen LogP contribution is -2.05. The van der Waals surface area contributed by atoms with Crippen molar-refractivity contribution in [1.82, 2.24) is 9.97 Å². The van der Waals surface area contributed by atoms with E-state index in [0.717, 1.165) is 5.76 Å². The molecule has 0 spiro atoms. The number of aryl methyl sites for hydroxylation is 1. The summed E-state index contributed by atoms with van der Waals surface area (Å²) in [6.07, 6.45) is 1.63. The van der Waals surface area contributed by atoms with Crippen LogP contribution in [-0.2, 0) is 6.54 Å². The van der Waals surface area contributed by atoms with Crippen molar-refractivity contribution < 1.29 is 4.42 Å². The molecule has 3 rings (SSSR count). The van der Waals surface area contributed by atoms with Crippen molar-refractivity contribution in [3.05, 3.63) is 65.9 Å². The quantitative estimate of drug-likeness (QED) is 0.749. The Labute approximate surface area is 133 Å². The van der Waals surface area contributed by atoms with Gasteiger partial charge in [-0.2, -0.15) is 5.26 Å². The van der Waals surface area contributed by atoms with Crippen molar-refractivity contribution in [2.24, 2.45) is 0 Å². The number of hydrogen-bond acceptors (Lipinski definition) is 6. The van der Waals surface area contributed by atoms with Crippen LogP contribution in [0.5, 0.6) is 0 Å². The summed E-state index contributed by atoms with van der Waals surface area (Å²) in [5.41, 5.74) is 1.28. The summed E-state index contributed by atoms with van der Waals surface area (Å²) in [4.78, 5) is 8.70. The highest BCUT2D eigenvalue weighted by Gasteiger charge is 2.06. The van der Waals surface area contributed by atoms with Crippen LogP contribution < -0.4 is 10.6 Å². The van der Waals surface area contributed by atoms with Crippen LogP contribution in [0.15, 0.2) is 53.1 Å². The third kappa shape index (κ3) is 3.66. The Morgan fingerprint density at radius 1 is 1.13 bits per heavy atom. The average molecular weight is 305 g/mol. The predicted molar refractivity (Wildman–Crippen MR) is 87.2 cm³/mol. The zero-order valence-corrected chi connectivity index (χ0v) is 12.6. The van der Waals surface area contributed by atoms with Gasteiger partial charge in [-0.05, 0) is 31.2 Å². The summed E-state index contributed by atoms with van der Waals surface area (Å²) >= 11 is 0. The molecular formula is C17H15N5O. The van der Waals surface area contributed by atoms with Crippen LogP contribution in [0.1, 0.15) is 17.1 Å². The smallest absolute Gasteiger partial charge is 0.136 e. The number of nitrogens with one attached hydrogen (secondary N) is 2. The molecule has 0 aliphatic carbocycles. The minimum atomic E-state index is 0.539. The first-order chi connectivity index (χ1) is 11.2.